The Labute approximate surface area is 104 Å². The summed E-state index contributed by atoms with van der Waals surface area (Å²) in [6.45, 7) is 20.9. The van der Waals surface area contributed by atoms with Gasteiger partial charge in [-0.15, -0.1) is 6.58 Å². The number of hydrogen-bond donors (Lipinski definition) is 0. The minimum absolute atomic E-state index is 1.14. The highest BCUT2D eigenvalue weighted by molar-refractivity contribution is 6.87. The lowest BCUT2D eigenvalue weighted by Gasteiger charge is -2.33. The summed E-state index contributed by atoms with van der Waals surface area (Å²) in [6.07, 6.45) is 0. The van der Waals surface area contributed by atoms with Crippen LogP contribution in [0.1, 0.15) is 13.8 Å². The van der Waals surface area contributed by atoms with Crippen molar-refractivity contribution in [3.05, 3.63) is 12.3 Å². The minimum Gasteiger partial charge on any atom is -0.453 e. The van der Waals surface area contributed by atoms with Crippen molar-refractivity contribution in [3.63, 3.8) is 0 Å². The molecule has 0 unspecified atom stereocenters. The maximum Gasteiger partial charge on any atom is 0.197 e. The van der Waals surface area contributed by atoms with Crippen molar-refractivity contribution in [2.45, 2.75) is 46.1 Å². The van der Waals surface area contributed by atoms with Crippen LogP contribution in [0.4, 0.5) is 0 Å². The monoisotopic (exact) mass is 259 g/mol. The van der Waals surface area contributed by atoms with Crippen molar-refractivity contribution < 1.29 is 4.12 Å². The molecule has 0 fully saturated rings. The van der Waals surface area contributed by atoms with Crippen LogP contribution in [0, 0.1) is 0 Å². The van der Waals surface area contributed by atoms with E-state index in [1.165, 1.54) is 12.6 Å². The maximum absolute atomic E-state index is 6.35. The van der Waals surface area contributed by atoms with Gasteiger partial charge in [0.2, 0.25) is 0 Å². The van der Waals surface area contributed by atoms with E-state index in [1.54, 1.807) is 0 Å². The van der Waals surface area contributed by atoms with Crippen molar-refractivity contribution in [1.82, 2.24) is 4.90 Å². The third kappa shape index (κ3) is 6.63. The first-order chi connectivity index (χ1) is 7.26. The summed E-state index contributed by atoms with van der Waals surface area (Å²) in [7, 11) is -3.10. The Balaban J connectivity index is 4.19. The van der Waals surface area contributed by atoms with Crippen LogP contribution in [-0.4, -0.2) is 41.2 Å². The highest BCUT2D eigenvalue weighted by atomic mass is 28.4. The number of hydrogen-bond acceptors (Lipinski definition) is 2. The molecule has 4 heteroatoms. The van der Waals surface area contributed by atoms with Crippen LogP contribution in [0.15, 0.2) is 12.3 Å². The average molecular weight is 260 g/mol. The van der Waals surface area contributed by atoms with Gasteiger partial charge in [-0.25, -0.2) is 0 Å². The molecule has 2 nitrogen and oxygen atoms in total. The Kier molecular flexibility index (Phi) is 6.78. The summed E-state index contributed by atoms with van der Waals surface area (Å²) in [6, 6.07) is 1.22. The molecule has 0 aromatic carbocycles. The molecule has 0 rings (SSSR count). The Morgan fingerprint density at radius 3 is 2.00 bits per heavy atom. The molecular weight excluding hydrogens is 230 g/mol. The first kappa shape index (κ1) is 16.1. The highest BCUT2D eigenvalue weighted by Crippen LogP contribution is 2.19. The molecule has 0 heterocycles. The van der Waals surface area contributed by atoms with E-state index in [0.717, 1.165) is 13.1 Å². The molecule has 0 saturated carbocycles. The van der Waals surface area contributed by atoms with Gasteiger partial charge in [0.1, 0.15) is 0 Å². The summed E-state index contributed by atoms with van der Waals surface area (Å²) >= 11 is 0. The van der Waals surface area contributed by atoms with Crippen molar-refractivity contribution in [3.8, 4) is 0 Å². The first-order valence-electron chi connectivity index (χ1n) is 6.32. The summed E-state index contributed by atoms with van der Waals surface area (Å²) in [4.78, 5) is 2.47. The van der Waals surface area contributed by atoms with Gasteiger partial charge < -0.3 is 9.02 Å². The number of nitrogens with zero attached hydrogens (tertiary/aromatic N) is 1. The molecule has 0 aliphatic carbocycles. The smallest absolute Gasteiger partial charge is 0.197 e. The van der Waals surface area contributed by atoms with Crippen LogP contribution in [0.25, 0.3) is 0 Å². The third-order valence-corrected chi connectivity index (χ3v) is 9.68. The highest BCUT2D eigenvalue weighted by Gasteiger charge is 2.30. The van der Waals surface area contributed by atoms with Gasteiger partial charge in [-0.05, 0) is 51.9 Å². The first-order valence-corrected chi connectivity index (χ1v) is 12.4. The molecule has 0 aromatic rings. The Hall–Kier alpha value is 0.0938. The van der Waals surface area contributed by atoms with Crippen molar-refractivity contribution in [1.29, 1.82) is 0 Å². The molecule has 0 radical (unpaired) electrons. The Bertz CT molecular complexity index is 213. The van der Waals surface area contributed by atoms with Crippen LogP contribution >= 0.6 is 0 Å². The van der Waals surface area contributed by atoms with Gasteiger partial charge in [0.15, 0.2) is 16.6 Å². The molecule has 96 valence electrons. The molecule has 0 bridgehead atoms. The van der Waals surface area contributed by atoms with Crippen molar-refractivity contribution in [2.75, 3.05) is 19.6 Å². The zero-order valence-corrected chi connectivity index (χ0v) is 14.0. The van der Waals surface area contributed by atoms with E-state index in [4.69, 9.17) is 4.12 Å². The Morgan fingerprint density at radius 2 is 1.62 bits per heavy atom. The maximum atomic E-state index is 6.35. The molecule has 16 heavy (non-hydrogen) atoms. The third-order valence-electron chi connectivity index (χ3n) is 2.96. The fourth-order valence-electron chi connectivity index (χ4n) is 1.77. The summed E-state index contributed by atoms with van der Waals surface area (Å²) < 4.78 is 6.35. The van der Waals surface area contributed by atoms with Gasteiger partial charge in [-0.1, -0.05) is 19.5 Å². The predicted octanol–water partition coefficient (Wildman–Crippen LogP) is 3.48. The largest absolute Gasteiger partial charge is 0.453 e. The van der Waals surface area contributed by atoms with Crippen LogP contribution in [0.5, 0.6) is 0 Å². The quantitative estimate of drug-likeness (QED) is 0.619. The summed E-state index contributed by atoms with van der Waals surface area (Å²) in [5, 5.41) is 0. The summed E-state index contributed by atoms with van der Waals surface area (Å²) in [5.74, 6) is 0. The fourth-order valence-corrected chi connectivity index (χ4v) is 9.07. The average Bonchev–Trinajstić information content (AvgIpc) is 2.18. The fraction of sp³-hybridized carbons (Fsp3) is 0.833. The normalized spacial score (nSPS) is 13.2. The Morgan fingerprint density at radius 1 is 1.12 bits per heavy atom. The van der Waals surface area contributed by atoms with Crippen LogP contribution in [-0.2, 0) is 4.12 Å². The van der Waals surface area contributed by atoms with E-state index in [2.05, 4.69) is 51.5 Å². The molecule has 0 atom stereocenters. The van der Waals surface area contributed by atoms with Gasteiger partial charge in [0, 0.05) is 0 Å². The lowest BCUT2D eigenvalue weighted by molar-refractivity contribution is 0.316. The minimum atomic E-state index is -1.60. The molecule has 0 amide bonds. The standard InChI is InChI=1S/C12H29NOSi2/c1-8-13(9-2)11-12-16(6,7)14-15(4,5)10-3/h10H,3,8-9,11-12H2,1-2,4-7H3. The molecule has 0 saturated heterocycles. The van der Waals surface area contributed by atoms with Gasteiger partial charge in [-0.3, -0.25) is 0 Å². The van der Waals surface area contributed by atoms with E-state index in [1.807, 2.05) is 5.70 Å². The van der Waals surface area contributed by atoms with E-state index in [-0.39, 0.29) is 0 Å². The predicted molar refractivity (Wildman–Crippen MR) is 78.8 cm³/mol. The van der Waals surface area contributed by atoms with Crippen molar-refractivity contribution in [2.24, 2.45) is 0 Å². The zero-order chi connectivity index (χ0) is 12.8. The molecular formula is C12H29NOSi2. The van der Waals surface area contributed by atoms with E-state index >= 15 is 0 Å². The molecule has 0 N–H and O–H groups in total. The van der Waals surface area contributed by atoms with Crippen LogP contribution in [0.3, 0.4) is 0 Å². The SMILES string of the molecule is C=C[Si](C)(C)O[Si](C)(C)CCN(CC)CC. The van der Waals surface area contributed by atoms with E-state index < -0.39 is 16.6 Å². The van der Waals surface area contributed by atoms with Crippen LogP contribution < -0.4 is 0 Å². The second-order valence-corrected chi connectivity index (χ2v) is 13.9. The van der Waals surface area contributed by atoms with E-state index in [0.29, 0.717) is 0 Å². The van der Waals surface area contributed by atoms with E-state index in [9.17, 15) is 0 Å². The summed E-state index contributed by atoms with van der Waals surface area (Å²) in [5.41, 5.74) is 2.04. The van der Waals surface area contributed by atoms with Gasteiger partial charge in [-0.2, -0.15) is 0 Å². The topological polar surface area (TPSA) is 12.5 Å². The number of rotatable bonds is 8. The molecule has 0 spiro atoms. The lowest BCUT2D eigenvalue weighted by atomic mass is 10.5. The lowest BCUT2D eigenvalue weighted by Crippen LogP contribution is -2.45. The van der Waals surface area contributed by atoms with Gasteiger partial charge in [0.05, 0.1) is 0 Å². The van der Waals surface area contributed by atoms with Crippen molar-refractivity contribution >= 4 is 16.6 Å². The second kappa shape index (κ2) is 6.74. The molecule has 0 aromatic heterocycles. The molecule has 0 aliphatic heterocycles. The second-order valence-electron chi connectivity index (χ2n) is 5.45. The van der Waals surface area contributed by atoms with Gasteiger partial charge in [0.25, 0.3) is 0 Å². The van der Waals surface area contributed by atoms with Gasteiger partial charge >= 0.3 is 0 Å². The molecule has 0 aliphatic rings. The van der Waals surface area contributed by atoms with Crippen LogP contribution in [0.2, 0.25) is 32.2 Å². The zero-order valence-electron chi connectivity index (χ0n) is 12.0.